The number of nitrogens with zero attached hydrogens (tertiary/aromatic N) is 6. The zero-order valence-electron chi connectivity index (χ0n) is 15.9. The molecule has 0 aliphatic carbocycles. The van der Waals surface area contributed by atoms with Crippen LogP contribution >= 0.6 is 11.6 Å². The molecule has 0 amide bonds. The van der Waals surface area contributed by atoms with Gasteiger partial charge in [-0.1, -0.05) is 11.6 Å². The van der Waals surface area contributed by atoms with Crippen molar-refractivity contribution in [1.29, 1.82) is 0 Å². The Hall–Kier alpha value is -2.26. The van der Waals surface area contributed by atoms with Gasteiger partial charge in [-0.15, -0.1) is 5.10 Å². The van der Waals surface area contributed by atoms with Gasteiger partial charge in [0.25, 0.3) is 5.88 Å². The molecule has 2 aliphatic rings. The van der Waals surface area contributed by atoms with E-state index < -0.39 is 5.40 Å². The first-order valence-corrected chi connectivity index (χ1v) is 9.89. The maximum atomic E-state index is 6.24. The molecule has 1 saturated heterocycles. The SMILES string of the molecule is [B]C1([B])CCn2nc(Cl)c3cnc(nc32)Nc2c(nn(C3CCOCC3)c2C)O1. The lowest BCUT2D eigenvalue weighted by Crippen LogP contribution is -2.38. The van der Waals surface area contributed by atoms with E-state index in [1.165, 1.54) is 0 Å². The minimum Gasteiger partial charge on any atom is -0.489 e. The fourth-order valence-corrected chi connectivity index (χ4v) is 3.98. The molecule has 0 saturated carbocycles. The van der Waals surface area contributed by atoms with Crippen molar-refractivity contribution in [2.75, 3.05) is 18.5 Å². The molecule has 0 atom stereocenters. The zero-order valence-corrected chi connectivity index (χ0v) is 16.7. The summed E-state index contributed by atoms with van der Waals surface area (Å²) in [7, 11) is 12.5. The van der Waals surface area contributed by atoms with Gasteiger partial charge in [0.05, 0.1) is 17.1 Å². The molecule has 0 unspecified atom stereocenters. The van der Waals surface area contributed by atoms with E-state index in [9.17, 15) is 0 Å². The highest BCUT2D eigenvalue weighted by molar-refractivity contribution is 6.39. The van der Waals surface area contributed by atoms with E-state index in [1.807, 2.05) is 11.6 Å². The van der Waals surface area contributed by atoms with Crippen LogP contribution in [0.25, 0.3) is 11.0 Å². The normalized spacial score (nSPS) is 19.4. The van der Waals surface area contributed by atoms with Gasteiger partial charge in [-0.3, -0.25) is 4.68 Å². The largest absolute Gasteiger partial charge is 0.489 e. The molecule has 0 aromatic carbocycles. The first-order chi connectivity index (χ1) is 13.9. The summed E-state index contributed by atoms with van der Waals surface area (Å²) in [6.07, 6.45) is 3.67. The molecule has 9 nitrogen and oxygen atoms in total. The van der Waals surface area contributed by atoms with Gasteiger partial charge in [-0.05, 0) is 26.2 Å². The number of halogens is 1. The van der Waals surface area contributed by atoms with Crippen LogP contribution < -0.4 is 10.1 Å². The first-order valence-electron chi connectivity index (χ1n) is 9.51. The quantitative estimate of drug-likeness (QED) is 0.613. The summed E-state index contributed by atoms with van der Waals surface area (Å²) in [6, 6.07) is 0.211. The first kappa shape index (κ1) is 18.7. The van der Waals surface area contributed by atoms with Gasteiger partial charge >= 0.3 is 0 Å². The van der Waals surface area contributed by atoms with E-state index in [1.54, 1.807) is 10.9 Å². The summed E-state index contributed by atoms with van der Waals surface area (Å²) in [5, 5.41) is 11.7. The molecule has 3 aromatic rings. The number of anilines is 2. The van der Waals surface area contributed by atoms with Gasteiger partial charge in [0.15, 0.2) is 10.8 Å². The van der Waals surface area contributed by atoms with Crippen LogP contribution in [0.1, 0.15) is 31.0 Å². The number of rotatable bonds is 1. The van der Waals surface area contributed by atoms with E-state index in [2.05, 4.69) is 25.5 Å². The van der Waals surface area contributed by atoms with Crippen molar-refractivity contribution in [2.24, 2.45) is 0 Å². The molecule has 1 fully saturated rings. The molecule has 2 aliphatic heterocycles. The van der Waals surface area contributed by atoms with Crippen molar-refractivity contribution in [3.63, 3.8) is 0 Å². The van der Waals surface area contributed by atoms with E-state index in [4.69, 9.17) is 36.8 Å². The zero-order chi connectivity index (χ0) is 20.2. The van der Waals surface area contributed by atoms with E-state index in [0.717, 1.165) is 18.5 Å². The maximum Gasteiger partial charge on any atom is 0.256 e. The van der Waals surface area contributed by atoms with Gasteiger partial charge in [0, 0.05) is 31.4 Å². The summed E-state index contributed by atoms with van der Waals surface area (Å²) < 4.78 is 15.0. The standard InChI is InChI=1S/C17H18B2ClN7O2/c1-9-12-15(25-27(9)10-2-6-28-7-3-10)29-17(18,19)4-5-26-14-11(13(20)24-26)8-21-16(22-12)23-14/h8,10H,2-7H2,1H3,(H,21,22,23). The number of aromatic nitrogens is 6. The molecular weight excluding hydrogens is 391 g/mol. The monoisotopic (exact) mass is 409 g/mol. The van der Waals surface area contributed by atoms with Crippen molar-refractivity contribution in [2.45, 2.75) is 44.2 Å². The average Bonchev–Trinajstić information content (AvgIpc) is 3.17. The van der Waals surface area contributed by atoms with E-state index in [-0.39, 0.29) is 12.5 Å². The van der Waals surface area contributed by atoms with Crippen LogP contribution in [0.4, 0.5) is 11.6 Å². The smallest absolute Gasteiger partial charge is 0.256 e. The van der Waals surface area contributed by atoms with Gasteiger partial charge in [0.2, 0.25) is 5.95 Å². The molecule has 5 rings (SSSR count). The lowest BCUT2D eigenvalue weighted by atomic mass is 9.63. The highest BCUT2D eigenvalue weighted by Gasteiger charge is 2.29. The average molecular weight is 409 g/mol. The summed E-state index contributed by atoms with van der Waals surface area (Å²) in [5.74, 6) is 0.705. The lowest BCUT2D eigenvalue weighted by molar-refractivity contribution is 0.0650. The Bertz CT molecular complexity index is 1080. The van der Waals surface area contributed by atoms with Crippen molar-refractivity contribution in [3.8, 4) is 5.88 Å². The van der Waals surface area contributed by atoms with Crippen LogP contribution in [0.2, 0.25) is 5.15 Å². The Labute approximate surface area is 174 Å². The molecule has 1 N–H and O–H groups in total. The minimum atomic E-state index is -1.45. The van der Waals surface area contributed by atoms with Gasteiger partial charge in [0.1, 0.15) is 21.4 Å². The Morgan fingerprint density at radius 1 is 1.28 bits per heavy atom. The lowest BCUT2D eigenvalue weighted by Gasteiger charge is -2.27. The van der Waals surface area contributed by atoms with Crippen LogP contribution in [0.15, 0.2) is 6.20 Å². The number of hydrogen-bond donors (Lipinski definition) is 1. The summed E-state index contributed by atoms with van der Waals surface area (Å²) in [4.78, 5) is 8.96. The minimum absolute atomic E-state index is 0.211. The summed E-state index contributed by atoms with van der Waals surface area (Å²) in [6.45, 7) is 3.74. The van der Waals surface area contributed by atoms with Crippen LogP contribution in [0, 0.1) is 6.92 Å². The molecule has 3 aromatic heterocycles. The molecule has 0 spiro atoms. The molecule has 12 heteroatoms. The Kier molecular flexibility index (Phi) is 4.47. The second kappa shape index (κ2) is 6.91. The predicted molar refractivity (Wildman–Crippen MR) is 109 cm³/mol. The van der Waals surface area contributed by atoms with Gasteiger partial charge < -0.3 is 14.8 Å². The van der Waals surface area contributed by atoms with Gasteiger partial charge in [-0.2, -0.15) is 10.1 Å². The highest BCUT2D eigenvalue weighted by Crippen LogP contribution is 2.36. The number of hydrogen-bond acceptors (Lipinski definition) is 7. The molecular formula is C17H18B2ClN7O2. The molecule has 2 bridgehead atoms. The molecule has 29 heavy (non-hydrogen) atoms. The molecule has 146 valence electrons. The fraction of sp³-hybridized carbons (Fsp3) is 0.529. The van der Waals surface area contributed by atoms with Crippen LogP contribution in [-0.2, 0) is 11.3 Å². The number of ether oxygens (including phenoxy) is 2. The van der Waals surface area contributed by atoms with E-state index in [0.29, 0.717) is 53.5 Å². The van der Waals surface area contributed by atoms with Crippen molar-refractivity contribution < 1.29 is 9.47 Å². The Morgan fingerprint density at radius 3 is 2.86 bits per heavy atom. The van der Waals surface area contributed by atoms with Crippen molar-refractivity contribution in [1.82, 2.24) is 29.5 Å². The third kappa shape index (κ3) is 3.36. The predicted octanol–water partition coefficient (Wildman–Crippen LogP) is 1.85. The third-order valence-corrected chi connectivity index (χ3v) is 5.62. The second-order valence-electron chi connectivity index (χ2n) is 7.43. The number of nitrogens with one attached hydrogen (secondary N) is 1. The molecule has 4 radical (unpaired) electrons. The van der Waals surface area contributed by atoms with Gasteiger partial charge in [-0.25, -0.2) is 9.67 Å². The number of aryl methyl sites for hydroxylation is 1. The van der Waals surface area contributed by atoms with Crippen LogP contribution in [0.5, 0.6) is 5.88 Å². The van der Waals surface area contributed by atoms with Crippen molar-refractivity contribution >= 4 is 50.0 Å². The van der Waals surface area contributed by atoms with E-state index >= 15 is 0 Å². The number of fused-ring (bicyclic) bond motifs is 2. The Morgan fingerprint density at radius 2 is 2.07 bits per heavy atom. The third-order valence-electron chi connectivity index (χ3n) is 5.34. The summed E-state index contributed by atoms with van der Waals surface area (Å²) in [5.41, 5.74) is 2.12. The van der Waals surface area contributed by atoms with Crippen LogP contribution in [-0.4, -0.2) is 63.8 Å². The second-order valence-corrected chi connectivity index (χ2v) is 7.79. The van der Waals surface area contributed by atoms with Crippen molar-refractivity contribution in [3.05, 3.63) is 17.0 Å². The molecule has 5 heterocycles. The maximum absolute atomic E-state index is 6.24. The fourth-order valence-electron chi connectivity index (χ4n) is 3.75. The summed E-state index contributed by atoms with van der Waals surface area (Å²) >= 11 is 6.22. The topological polar surface area (TPSA) is 91.9 Å². The van der Waals surface area contributed by atoms with Crippen LogP contribution in [0.3, 0.4) is 0 Å². The Balaban J connectivity index is 1.63. The highest BCUT2D eigenvalue weighted by atomic mass is 35.5.